The summed E-state index contributed by atoms with van der Waals surface area (Å²) in [6, 6.07) is 17.6. The smallest absolute Gasteiger partial charge is 0.218 e. The summed E-state index contributed by atoms with van der Waals surface area (Å²) < 4.78 is 11.4. The van der Waals surface area contributed by atoms with E-state index >= 15 is 0 Å². The second kappa shape index (κ2) is 13.4. The molecule has 6 rings (SSSR count). The zero-order valence-corrected chi connectivity index (χ0v) is 26.4. The molecule has 2 N–H and O–H groups in total. The van der Waals surface area contributed by atoms with Crippen LogP contribution < -0.4 is 9.47 Å². The van der Waals surface area contributed by atoms with Crippen LogP contribution in [0.2, 0.25) is 10.0 Å². The lowest BCUT2D eigenvalue weighted by Gasteiger charge is -2.18. The van der Waals surface area contributed by atoms with Gasteiger partial charge in [0.2, 0.25) is 5.88 Å². The fraction of sp³-hybridized carbons (Fsp3) is 0.353. The maximum atomic E-state index is 9.92. The lowest BCUT2D eigenvalue weighted by Crippen LogP contribution is -2.22. The van der Waals surface area contributed by atoms with E-state index in [1.807, 2.05) is 54.6 Å². The largest absolute Gasteiger partial charge is 0.496 e. The molecular formula is C34H36Cl2N4O4. The molecule has 0 saturated carbocycles. The number of ether oxygens (including phenoxy) is 2. The molecule has 0 amide bonds. The van der Waals surface area contributed by atoms with Crippen molar-refractivity contribution < 1.29 is 19.7 Å². The lowest BCUT2D eigenvalue weighted by molar-refractivity contribution is 0.174. The molecular weight excluding hydrogens is 599 g/mol. The third kappa shape index (κ3) is 6.42. The van der Waals surface area contributed by atoms with Crippen molar-refractivity contribution in [1.29, 1.82) is 0 Å². The van der Waals surface area contributed by atoms with Crippen LogP contribution in [0.3, 0.4) is 0 Å². The van der Waals surface area contributed by atoms with E-state index in [1.165, 1.54) is 0 Å². The Morgan fingerprint density at radius 1 is 0.795 bits per heavy atom. The second-order valence-electron chi connectivity index (χ2n) is 11.4. The topological polar surface area (TPSA) is 91.2 Å². The minimum Gasteiger partial charge on any atom is -0.496 e. The molecule has 230 valence electrons. The summed E-state index contributed by atoms with van der Waals surface area (Å²) in [5, 5.41) is 20.8. The van der Waals surface area contributed by atoms with E-state index in [1.54, 1.807) is 20.4 Å². The quantitative estimate of drug-likeness (QED) is 0.234. The molecule has 2 aromatic heterocycles. The number of pyridine rings is 2. The molecule has 0 bridgehead atoms. The molecule has 2 aliphatic rings. The van der Waals surface area contributed by atoms with Gasteiger partial charge in [-0.2, -0.15) is 0 Å². The summed E-state index contributed by atoms with van der Waals surface area (Å²) in [6.07, 6.45) is 2.74. The third-order valence-corrected chi connectivity index (χ3v) is 9.22. The second-order valence-corrected chi connectivity index (χ2v) is 12.2. The number of aromatic nitrogens is 2. The van der Waals surface area contributed by atoms with Crippen molar-refractivity contribution in [3.63, 3.8) is 0 Å². The molecule has 4 heterocycles. The number of hydrogen-bond acceptors (Lipinski definition) is 8. The van der Waals surface area contributed by atoms with E-state index in [0.717, 1.165) is 65.1 Å². The predicted octanol–water partition coefficient (Wildman–Crippen LogP) is 5.93. The Bertz CT molecular complexity index is 1530. The van der Waals surface area contributed by atoms with Crippen molar-refractivity contribution in [3.05, 3.63) is 82.0 Å². The van der Waals surface area contributed by atoms with Gasteiger partial charge in [0.25, 0.3) is 0 Å². The van der Waals surface area contributed by atoms with Crippen LogP contribution in [0.4, 0.5) is 0 Å². The SMILES string of the molecule is COc1cc(-c2nccc(-c3cccc(-c4ccc(CN5CCC(O)C5)c(OC)n4)c3Cl)c2Cl)ccc1CN1CCC(O)C1. The van der Waals surface area contributed by atoms with Gasteiger partial charge in [-0.15, -0.1) is 0 Å². The molecule has 2 saturated heterocycles. The van der Waals surface area contributed by atoms with Crippen LogP contribution in [0.25, 0.3) is 33.6 Å². The highest BCUT2D eigenvalue weighted by Crippen LogP contribution is 2.42. The number of rotatable bonds is 9. The molecule has 0 radical (unpaired) electrons. The molecule has 4 aromatic rings. The van der Waals surface area contributed by atoms with E-state index < -0.39 is 0 Å². The number of aliphatic hydroxyl groups excluding tert-OH is 2. The van der Waals surface area contributed by atoms with Crippen molar-refractivity contribution in [3.8, 4) is 45.3 Å². The molecule has 2 fully saturated rings. The Hall–Kier alpha value is -3.24. The predicted molar refractivity (Wildman–Crippen MR) is 173 cm³/mol. The van der Waals surface area contributed by atoms with Gasteiger partial charge in [-0.25, -0.2) is 4.98 Å². The number of nitrogens with zero attached hydrogens (tertiary/aromatic N) is 4. The standard InChI is InChI=1S/C34H36Cl2N4O4/c1-43-30-16-21(6-7-22(30)17-39-14-11-24(41)19-39)33-32(36)27(10-13-37-33)26-4-3-5-28(31(26)35)29-9-8-23(34(38-29)44-2)18-40-15-12-25(42)20-40/h3-10,13,16,24-25,41-42H,11-12,14-15,17-20H2,1-2H3. The first kappa shape index (κ1) is 30.8. The number of aliphatic hydroxyl groups is 2. The van der Waals surface area contributed by atoms with Crippen LogP contribution >= 0.6 is 23.2 Å². The molecule has 0 spiro atoms. The van der Waals surface area contributed by atoms with Crippen LogP contribution in [-0.2, 0) is 13.1 Å². The van der Waals surface area contributed by atoms with Gasteiger partial charge in [0.1, 0.15) is 5.75 Å². The van der Waals surface area contributed by atoms with Crippen LogP contribution in [0.15, 0.2) is 60.8 Å². The minimum atomic E-state index is -0.285. The maximum Gasteiger partial charge on any atom is 0.218 e. The molecule has 44 heavy (non-hydrogen) atoms. The monoisotopic (exact) mass is 634 g/mol. The van der Waals surface area contributed by atoms with Crippen molar-refractivity contribution in [2.24, 2.45) is 0 Å². The molecule has 0 aliphatic carbocycles. The van der Waals surface area contributed by atoms with E-state index in [4.69, 9.17) is 37.7 Å². The summed E-state index contributed by atoms with van der Waals surface area (Å²) >= 11 is 14.1. The van der Waals surface area contributed by atoms with Crippen molar-refractivity contribution in [2.75, 3.05) is 40.4 Å². The molecule has 2 atom stereocenters. The molecule has 2 aromatic carbocycles. The Labute approximate surface area is 267 Å². The van der Waals surface area contributed by atoms with Gasteiger partial charge in [-0.05, 0) is 31.0 Å². The number of likely N-dealkylation sites (tertiary alicyclic amines) is 2. The summed E-state index contributed by atoms with van der Waals surface area (Å²) in [4.78, 5) is 13.8. The highest BCUT2D eigenvalue weighted by molar-refractivity contribution is 6.39. The first-order chi connectivity index (χ1) is 21.3. The van der Waals surface area contributed by atoms with Gasteiger partial charge in [-0.3, -0.25) is 14.8 Å². The fourth-order valence-electron chi connectivity index (χ4n) is 6.12. The summed E-state index contributed by atoms with van der Waals surface area (Å²) in [5.41, 5.74) is 6.44. The summed E-state index contributed by atoms with van der Waals surface area (Å²) in [6.45, 7) is 4.37. The Morgan fingerprint density at radius 3 is 2.11 bits per heavy atom. The zero-order valence-electron chi connectivity index (χ0n) is 24.8. The van der Waals surface area contributed by atoms with Gasteiger partial charge >= 0.3 is 0 Å². The van der Waals surface area contributed by atoms with Gasteiger partial charge in [0, 0.05) is 78.8 Å². The number of benzene rings is 2. The van der Waals surface area contributed by atoms with Crippen LogP contribution in [-0.4, -0.2) is 82.6 Å². The Balaban J connectivity index is 1.29. The van der Waals surface area contributed by atoms with Gasteiger partial charge < -0.3 is 19.7 Å². The normalized spacial score (nSPS) is 19.0. The minimum absolute atomic E-state index is 0.274. The summed E-state index contributed by atoms with van der Waals surface area (Å²) in [5.74, 6) is 1.28. The Morgan fingerprint density at radius 2 is 1.45 bits per heavy atom. The van der Waals surface area contributed by atoms with Crippen LogP contribution in [0, 0.1) is 0 Å². The highest BCUT2D eigenvalue weighted by atomic mass is 35.5. The molecule has 2 aliphatic heterocycles. The first-order valence-corrected chi connectivity index (χ1v) is 15.6. The Kier molecular flexibility index (Phi) is 9.37. The molecule has 10 heteroatoms. The van der Waals surface area contributed by atoms with Gasteiger partial charge in [-0.1, -0.05) is 59.6 Å². The fourth-order valence-corrected chi connectivity index (χ4v) is 6.77. The highest BCUT2D eigenvalue weighted by Gasteiger charge is 2.24. The number of halogens is 2. The number of β-amino-alcohol motifs (C(OH)–C–C–N with tert-alkyl or cyclic N) is 2. The zero-order chi connectivity index (χ0) is 30.8. The van der Waals surface area contributed by atoms with E-state index in [0.29, 0.717) is 53.5 Å². The van der Waals surface area contributed by atoms with Crippen molar-refractivity contribution in [1.82, 2.24) is 19.8 Å². The van der Waals surface area contributed by atoms with Gasteiger partial charge in [0.15, 0.2) is 0 Å². The van der Waals surface area contributed by atoms with E-state index in [9.17, 15) is 10.2 Å². The van der Waals surface area contributed by atoms with Crippen molar-refractivity contribution in [2.45, 2.75) is 38.1 Å². The van der Waals surface area contributed by atoms with Crippen LogP contribution in [0.1, 0.15) is 24.0 Å². The maximum absolute atomic E-state index is 9.92. The average Bonchev–Trinajstić information content (AvgIpc) is 3.64. The van der Waals surface area contributed by atoms with Crippen molar-refractivity contribution >= 4 is 23.2 Å². The van der Waals surface area contributed by atoms with Gasteiger partial charge in [0.05, 0.1) is 47.9 Å². The number of hydrogen-bond donors (Lipinski definition) is 2. The lowest BCUT2D eigenvalue weighted by atomic mass is 9.99. The summed E-state index contributed by atoms with van der Waals surface area (Å²) in [7, 11) is 3.27. The third-order valence-electron chi connectivity index (χ3n) is 8.43. The van der Waals surface area contributed by atoms with E-state index in [-0.39, 0.29) is 12.2 Å². The molecule has 2 unspecified atom stereocenters. The number of methoxy groups -OCH3 is 2. The van der Waals surface area contributed by atoms with E-state index in [2.05, 4.69) is 14.8 Å². The van der Waals surface area contributed by atoms with Crippen LogP contribution in [0.5, 0.6) is 11.6 Å². The molecule has 8 nitrogen and oxygen atoms in total. The first-order valence-electron chi connectivity index (χ1n) is 14.8. The average molecular weight is 636 g/mol.